The molecule has 1 N–H and O–H groups in total. The van der Waals surface area contributed by atoms with E-state index < -0.39 is 30.8 Å². The predicted molar refractivity (Wildman–Crippen MR) is 104 cm³/mol. The molecular weight excluding hydrogens is 374 g/mol. The molecule has 0 aromatic heterocycles. The summed E-state index contributed by atoms with van der Waals surface area (Å²) in [5.74, 6) is -0.228. The topological polar surface area (TPSA) is 75.2 Å². The second-order valence-corrected chi connectivity index (χ2v) is 7.02. The fourth-order valence-corrected chi connectivity index (χ4v) is 3.81. The number of ether oxygens (including phenoxy) is 5. The first-order valence-corrected chi connectivity index (χ1v) is 9.60. The first kappa shape index (κ1) is 20.0. The maximum absolute atomic E-state index is 12.7. The Bertz CT molecular complexity index is 801. The minimum Gasteiger partial charge on any atom is -0.376 e. The van der Waals surface area contributed by atoms with Crippen molar-refractivity contribution in [3.8, 4) is 0 Å². The molecule has 154 valence electrons. The van der Waals surface area contributed by atoms with Gasteiger partial charge in [0, 0.05) is 25.3 Å². The first-order valence-electron chi connectivity index (χ1n) is 9.60. The maximum Gasteiger partial charge on any atom is 0.251 e. The summed E-state index contributed by atoms with van der Waals surface area (Å²) in [5.41, 5.74) is 1.47. The molecule has 0 spiro atoms. The van der Waals surface area contributed by atoms with Gasteiger partial charge in [-0.25, -0.2) is 0 Å². The van der Waals surface area contributed by atoms with Gasteiger partial charge in [-0.15, -0.1) is 0 Å². The molecule has 2 aliphatic rings. The lowest BCUT2D eigenvalue weighted by atomic mass is 9.95. The summed E-state index contributed by atoms with van der Waals surface area (Å²) in [6.07, 6.45) is -2.47. The van der Waals surface area contributed by atoms with Crippen molar-refractivity contribution in [1.82, 2.24) is 5.32 Å². The number of benzene rings is 2. The minimum absolute atomic E-state index is 0.228. The van der Waals surface area contributed by atoms with Crippen LogP contribution in [0, 0.1) is 0 Å². The van der Waals surface area contributed by atoms with Crippen LogP contribution in [0.25, 0.3) is 0 Å². The van der Waals surface area contributed by atoms with E-state index in [-0.39, 0.29) is 12.0 Å². The molecule has 2 aromatic rings. The van der Waals surface area contributed by atoms with Gasteiger partial charge in [0.2, 0.25) is 0 Å². The van der Waals surface area contributed by atoms with Crippen molar-refractivity contribution in [2.75, 3.05) is 20.8 Å². The summed E-state index contributed by atoms with van der Waals surface area (Å²) in [7, 11) is 3.13. The van der Waals surface area contributed by atoms with E-state index in [2.05, 4.69) is 5.32 Å². The highest BCUT2D eigenvalue weighted by Gasteiger charge is 2.51. The van der Waals surface area contributed by atoms with Gasteiger partial charge in [0.15, 0.2) is 12.6 Å². The van der Waals surface area contributed by atoms with E-state index in [9.17, 15) is 4.79 Å². The van der Waals surface area contributed by atoms with Gasteiger partial charge in [0.25, 0.3) is 5.91 Å². The van der Waals surface area contributed by atoms with Crippen LogP contribution < -0.4 is 5.32 Å². The van der Waals surface area contributed by atoms with Crippen LogP contribution in [0.5, 0.6) is 0 Å². The van der Waals surface area contributed by atoms with Gasteiger partial charge < -0.3 is 29.0 Å². The number of fused-ring (bicyclic) bond motifs is 1. The highest BCUT2D eigenvalue weighted by molar-refractivity contribution is 5.94. The molecule has 0 bridgehead atoms. The molecule has 2 heterocycles. The van der Waals surface area contributed by atoms with Gasteiger partial charge in [0.1, 0.15) is 24.4 Å². The zero-order valence-electron chi connectivity index (χ0n) is 16.4. The third kappa shape index (κ3) is 4.19. The Labute approximate surface area is 169 Å². The van der Waals surface area contributed by atoms with Crippen molar-refractivity contribution < 1.29 is 28.5 Å². The lowest BCUT2D eigenvalue weighted by Gasteiger charge is -2.48. The molecule has 7 heteroatoms. The van der Waals surface area contributed by atoms with Crippen molar-refractivity contribution in [3.63, 3.8) is 0 Å². The van der Waals surface area contributed by atoms with E-state index in [0.29, 0.717) is 12.2 Å². The smallest absolute Gasteiger partial charge is 0.251 e. The second kappa shape index (κ2) is 9.02. The molecule has 2 fully saturated rings. The molecule has 0 saturated carbocycles. The molecule has 7 nitrogen and oxygen atoms in total. The number of rotatable bonds is 5. The quantitative estimate of drug-likeness (QED) is 0.832. The number of amides is 1. The molecule has 0 radical (unpaired) electrons. The van der Waals surface area contributed by atoms with Crippen molar-refractivity contribution in [3.05, 3.63) is 71.8 Å². The highest BCUT2D eigenvalue weighted by Crippen LogP contribution is 2.35. The van der Waals surface area contributed by atoms with Gasteiger partial charge in [-0.3, -0.25) is 4.79 Å². The SMILES string of the molecule is CO[C@@H]1O[C@H]2CO[C@@H](c3ccccc3)O[C@@H]2[C@H](OC)[C@H]1NC(=O)c1ccccc1. The average Bonchev–Trinajstić information content (AvgIpc) is 2.79. The third-order valence-electron chi connectivity index (χ3n) is 5.25. The summed E-state index contributed by atoms with van der Waals surface area (Å²) >= 11 is 0. The number of nitrogens with one attached hydrogen (secondary N) is 1. The van der Waals surface area contributed by atoms with Crippen LogP contribution in [0.4, 0.5) is 0 Å². The fraction of sp³-hybridized carbons (Fsp3) is 0.409. The standard InChI is InChI=1S/C22H25NO6/c1-25-19-17(23-20(24)14-9-5-3-6-10-14)22(26-2)28-16-13-27-21(29-18(16)19)15-11-7-4-8-12-15/h3-12,16-19,21-22H,13H2,1-2H3,(H,23,24)/t16-,17+,18-,19+,21+,22+/m0/s1. The molecule has 0 aliphatic carbocycles. The molecular formula is C22H25NO6. The van der Waals surface area contributed by atoms with Crippen LogP contribution in [-0.4, -0.2) is 57.4 Å². The third-order valence-corrected chi connectivity index (χ3v) is 5.25. The average molecular weight is 399 g/mol. The summed E-state index contributed by atoms with van der Waals surface area (Å²) < 4.78 is 29.4. The van der Waals surface area contributed by atoms with E-state index in [1.54, 1.807) is 19.2 Å². The summed E-state index contributed by atoms with van der Waals surface area (Å²) in [5, 5.41) is 2.99. The molecule has 0 unspecified atom stereocenters. The van der Waals surface area contributed by atoms with Gasteiger partial charge in [-0.2, -0.15) is 0 Å². The molecule has 6 atom stereocenters. The van der Waals surface area contributed by atoms with Crippen molar-refractivity contribution >= 4 is 5.91 Å². The van der Waals surface area contributed by atoms with E-state index in [0.717, 1.165) is 5.56 Å². The Kier molecular flexibility index (Phi) is 6.22. The van der Waals surface area contributed by atoms with Gasteiger partial charge in [-0.1, -0.05) is 48.5 Å². The molecule has 2 saturated heterocycles. The maximum atomic E-state index is 12.7. The van der Waals surface area contributed by atoms with Crippen LogP contribution in [0.15, 0.2) is 60.7 Å². The first-order chi connectivity index (χ1) is 14.2. The van der Waals surface area contributed by atoms with Crippen LogP contribution in [0.2, 0.25) is 0 Å². The van der Waals surface area contributed by atoms with Crippen LogP contribution >= 0.6 is 0 Å². The largest absolute Gasteiger partial charge is 0.376 e. The highest BCUT2D eigenvalue weighted by atomic mass is 16.7. The van der Waals surface area contributed by atoms with Crippen molar-refractivity contribution in [2.24, 2.45) is 0 Å². The Morgan fingerprint density at radius 2 is 1.66 bits per heavy atom. The normalized spacial score (nSPS) is 31.7. The number of carbonyl (C=O) groups is 1. The molecule has 2 aliphatic heterocycles. The Morgan fingerprint density at radius 3 is 2.31 bits per heavy atom. The molecule has 2 aromatic carbocycles. The van der Waals surface area contributed by atoms with Crippen molar-refractivity contribution in [2.45, 2.75) is 36.9 Å². The summed E-state index contributed by atoms with van der Waals surface area (Å²) in [6, 6.07) is 18.2. The van der Waals surface area contributed by atoms with Crippen LogP contribution in [-0.2, 0) is 23.7 Å². The Morgan fingerprint density at radius 1 is 0.966 bits per heavy atom. The van der Waals surface area contributed by atoms with Gasteiger partial charge in [0.05, 0.1) is 6.61 Å². The lowest BCUT2D eigenvalue weighted by Crippen LogP contribution is -2.67. The molecule has 1 amide bonds. The Balaban J connectivity index is 1.54. The Hall–Kier alpha value is -2.29. The number of hydrogen-bond donors (Lipinski definition) is 1. The number of carbonyl (C=O) groups excluding carboxylic acids is 1. The summed E-state index contributed by atoms with van der Waals surface area (Å²) in [6.45, 7) is 0.337. The van der Waals surface area contributed by atoms with E-state index in [4.69, 9.17) is 23.7 Å². The molecule has 29 heavy (non-hydrogen) atoms. The zero-order chi connectivity index (χ0) is 20.2. The van der Waals surface area contributed by atoms with E-state index >= 15 is 0 Å². The number of methoxy groups -OCH3 is 2. The predicted octanol–water partition coefficient (Wildman–Crippen LogP) is 2.29. The minimum atomic E-state index is -0.686. The van der Waals surface area contributed by atoms with Crippen LogP contribution in [0.1, 0.15) is 22.2 Å². The number of hydrogen-bond acceptors (Lipinski definition) is 6. The summed E-state index contributed by atoms with van der Waals surface area (Å²) in [4.78, 5) is 12.7. The lowest BCUT2D eigenvalue weighted by molar-refractivity contribution is -0.343. The second-order valence-electron chi connectivity index (χ2n) is 7.02. The zero-order valence-corrected chi connectivity index (χ0v) is 16.4. The van der Waals surface area contributed by atoms with E-state index in [1.807, 2.05) is 48.5 Å². The van der Waals surface area contributed by atoms with Gasteiger partial charge in [-0.05, 0) is 12.1 Å². The van der Waals surface area contributed by atoms with Crippen LogP contribution in [0.3, 0.4) is 0 Å². The molecule has 4 rings (SSSR count). The van der Waals surface area contributed by atoms with E-state index in [1.165, 1.54) is 7.11 Å². The monoisotopic (exact) mass is 399 g/mol. The van der Waals surface area contributed by atoms with Crippen molar-refractivity contribution in [1.29, 1.82) is 0 Å². The fourth-order valence-electron chi connectivity index (χ4n) is 3.81. The van der Waals surface area contributed by atoms with Gasteiger partial charge >= 0.3 is 0 Å².